The molecule has 0 atom stereocenters. The van der Waals surface area contributed by atoms with Gasteiger partial charge in [-0.1, -0.05) is 25.4 Å². The molecule has 0 spiro atoms. The van der Waals surface area contributed by atoms with Crippen molar-refractivity contribution < 1.29 is 38.1 Å². The van der Waals surface area contributed by atoms with E-state index in [0.29, 0.717) is 17.3 Å². The maximum Gasteiger partial charge on any atom is 0.344 e. The molecular formula is C21H24ClNO8S. The molecule has 2 amide bonds. The van der Waals surface area contributed by atoms with Gasteiger partial charge in [-0.15, -0.1) is 0 Å². The molecule has 9 nitrogen and oxygen atoms in total. The fourth-order valence-electron chi connectivity index (χ4n) is 2.52. The van der Waals surface area contributed by atoms with Crippen molar-refractivity contribution in [2.24, 2.45) is 5.92 Å². The number of hydrogen-bond acceptors (Lipinski definition) is 9. The monoisotopic (exact) mass is 485 g/mol. The van der Waals surface area contributed by atoms with E-state index >= 15 is 0 Å². The number of thioether (sulfide) groups is 1. The normalized spacial score (nSPS) is 14.8. The third-order valence-corrected chi connectivity index (χ3v) is 5.12. The van der Waals surface area contributed by atoms with Gasteiger partial charge in [0.1, 0.15) is 6.54 Å². The number of carbonyl (C=O) groups is 4. The zero-order chi connectivity index (χ0) is 23.8. The lowest BCUT2D eigenvalue weighted by atomic mass is 10.1. The SMILES string of the molecule is CCOC(=O)COc1c(Cl)cc(/C=C2\SC(=O)N(CC(=O)OCC(C)C)C2=O)cc1OC. The van der Waals surface area contributed by atoms with E-state index in [4.69, 9.17) is 30.5 Å². The number of amides is 2. The van der Waals surface area contributed by atoms with Gasteiger partial charge in [0.2, 0.25) is 0 Å². The molecule has 1 aliphatic heterocycles. The second-order valence-electron chi connectivity index (χ2n) is 6.97. The highest BCUT2D eigenvalue weighted by atomic mass is 35.5. The molecule has 0 aromatic heterocycles. The highest BCUT2D eigenvalue weighted by Gasteiger charge is 2.36. The van der Waals surface area contributed by atoms with Crippen LogP contribution in [0, 0.1) is 5.92 Å². The van der Waals surface area contributed by atoms with Crippen molar-refractivity contribution in [1.29, 1.82) is 0 Å². The Morgan fingerprint density at radius 1 is 1.19 bits per heavy atom. The van der Waals surface area contributed by atoms with Crippen molar-refractivity contribution in [3.63, 3.8) is 0 Å². The number of methoxy groups -OCH3 is 1. The summed E-state index contributed by atoms with van der Waals surface area (Å²) >= 11 is 6.97. The molecular weight excluding hydrogens is 462 g/mol. The zero-order valence-electron chi connectivity index (χ0n) is 18.1. The van der Waals surface area contributed by atoms with Gasteiger partial charge < -0.3 is 18.9 Å². The summed E-state index contributed by atoms with van der Waals surface area (Å²) in [6, 6.07) is 3.03. The standard InChI is InChI=1S/C21H24ClNO8S/c1-5-29-18(25)11-31-19-14(22)6-13(7-15(19)28-4)8-16-20(26)23(21(27)32-16)9-17(24)30-10-12(2)3/h6-8,12H,5,9-11H2,1-4H3/b16-8-. The molecule has 1 fully saturated rings. The third kappa shape index (κ3) is 6.89. The highest BCUT2D eigenvalue weighted by molar-refractivity contribution is 8.18. The van der Waals surface area contributed by atoms with Gasteiger partial charge in [0, 0.05) is 0 Å². The van der Waals surface area contributed by atoms with E-state index in [1.165, 1.54) is 25.3 Å². The van der Waals surface area contributed by atoms with Crippen LogP contribution in [-0.2, 0) is 23.9 Å². The Balaban J connectivity index is 2.16. The number of esters is 2. The largest absolute Gasteiger partial charge is 0.493 e. The number of halogens is 1. The molecule has 0 N–H and O–H groups in total. The van der Waals surface area contributed by atoms with E-state index in [1.807, 2.05) is 13.8 Å². The quantitative estimate of drug-likeness (QED) is 0.363. The summed E-state index contributed by atoms with van der Waals surface area (Å²) < 4.78 is 20.5. The Hall–Kier alpha value is -2.72. The van der Waals surface area contributed by atoms with E-state index in [2.05, 4.69) is 0 Å². The van der Waals surface area contributed by atoms with Crippen molar-refractivity contribution in [3.8, 4) is 11.5 Å². The average Bonchev–Trinajstić information content (AvgIpc) is 2.98. The summed E-state index contributed by atoms with van der Waals surface area (Å²) in [6.07, 6.45) is 1.45. The fourth-order valence-corrected chi connectivity index (χ4v) is 3.63. The highest BCUT2D eigenvalue weighted by Crippen LogP contribution is 2.39. The molecule has 1 aromatic rings. The van der Waals surface area contributed by atoms with Gasteiger partial charge in [0.25, 0.3) is 11.1 Å². The first-order valence-corrected chi connectivity index (χ1v) is 10.9. The Kier molecular flexibility index (Phi) is 9.40. The van der Waals surface area contributed by atoms with Crippen LogP contribution in [0.2, 0.25) is 5.02 Å². The first-order valence-electron chi connectivity index (χ1n) is 9.73. The van der Waals surface area contributed by atoms with Crippen LogP contribution < -0.4 is 9.47 Å². The predicted molar refractivity (Wildman–Crippen MR) is 119 cm³/mol. The smallest absolute Gasteiger partial charge is 0.344 e. The second-order valence-corrected chi connectivity index (χ2v) is 8.37. The molecule has 0 radical (unpaired) electrons. The van der Waals surface area contributed by atoms with Gasteiger partial charge in [-0.05, 0) is 48.4 Å². The lowest BCUT2D eigenvalue weighted by Crippen LogP contribution is -2.34. The minimum atomic E-state index is -0.657. The molecule has 11 heteroatoms. The summed E-state index contributed by atoms with van der Waals surface area (Å²) in [5, 5.41) is -0.438. The van der Waals surface area contributed by atoms with Crippen LogP contribution >= 0.6 is 23.4 Å². The molecule has 0 unspecified atom stereocenters. The van der Waals surface area contributed by atoms with Crippen LogP contribution in [0.3, 0.4) is 0 Å². The van der Waals surface area contributed by atoms with Crippen molar-refractivity contribution in [3.05, 3.63) is 27.6 Å². The molecule has 0 aliphatic carbocycles. The third-order valence-electron chi connectivity index (χ3n) is 3.93. The molecule has 2 rings (SSSR count). The molecule has 1 saturated heterocycles. The Morgan fingerprint density at radius 3 is 2.53 bits per heavy atom. The van der Waals surface area contributed by atoms with Crippen LogP contribution in [0.4, 0.5) is 4.79 Å². The molecule has 0 bridgehead atoms. The Labute approximate surface area is 194 Å². The number of benzene rings is 1. The molecule has 1 aliphatic rings. The van der Waals surface area contributed by atoms with Crippen molar-refractivity contribution in [2.45, 2.75) is 20.8 Å². The summed E-state index contributed by atoms with van der Waals surface area (Å²) in [5.41, 5.74) is 0.461. The van der Waals surface area contributed by atoms with Gasteiger partial charge in [0.15, 0.2) is 18.1 Å². The van der Waals surface area contributed by atoms with E-state index in [9.17, 15) is 19.2 Å². The van der Waals surface area contributed by atoms with E-state index in [-0.39, 0.29) is 47.2 Å². The summed E-state index contributed by atoms with van der Waals surface area (Å²) in [6.45, 7) is 5.04. The predicted octanol–water partition coefficient (Wildman–Crippen LogP) is 3.53. The maximum atomic E-state index is 12.6. The summed E-state index contributed by atoms with van der Waals surface area (Å²) in [4.78, 5) is 49.2. The summed E-state index contributed by atoms with van der Waals surface area (Å²) in [7, 11) is 1.39. The van der Waals surface area contributed by atoms with Crippen LogP contribution in [-0.4, -0.2) is 61.5 Å². The Bertz CT molecular complexity index is 931. The van der Waals surface area contributed by atoms with Crippen LogP contribution in [0.5, 0.6) is 11.5 Å². The second kappa shape index (κ2) is 11.8. The number of rotatable bonds is 10. The van der Waals surface area contributed by atoms with Crippen LogP contribution in [0.1, 0.15) is 26.3 Å². The first-order chi connectivity index (χ1) is 15.2. The number of nitrogens with zero attached hydrogens (tertiary/aromatic N) is 1. The average molecular weight is 486 g/mol. The lowest BCUT2D eigenvalue weighted by molar-refractivity contribution is -0.147. The number of ether oxygens (including phenoxy) is 4. The van der Waals surface area contributed by atoms with Crippen LogP contribution in [0.15, 0.2) is 17.0 Å². The molecule has 174 valence electrons. The number of imide groups is 1. The van der Waals surface area contributed by atoms with Crippen molar-refractivity contribution in [2.75, 3.05) is 33.5 Å². The van der Waals surface area contributed by atoms with Crippen molar-refractivity contribution >= 4 is 52.5 Å². The van der Waals surface area contributed by atoms with Gasteiger partial charge >= 0.3 is 11.9 Å². The van der Waals surface area contributed by atoms with Crippen LogP contribution in [0.25, 0.3) is 6.08 Å². The zero-order valence-corrected chi connectivity index (χ0v) is 19.7. The molecule has 32 heavy (non-hydrogen) atoms. The molecule has 0 saturated carbocycles. The minimum absolute atomic E-state index is 0.116. The number of hydrogen-bond donors (Lipinski definition) is 0. The molecule has 1 aromatic carbocycles. The summed E-state index contributed by atoms with van der Waals surface area (Å²) in [5.74, 6) is -1.33. The fraction of sp³-hybridized carbons (Fsp3) is 0.429. The van der Waals surface area contributed by atoms with Gasteiger partial charge in [-0.25, -0.2) is 4.79 Å². The van der Waals surface area contributed by atoms with E-state index < -0.39 is 29.6 Å². The molecule has 1 heterocycles. The van der Waals surface area contributed by atoms with Gasteiger partial charge in [0.05, 0.1) is 30.3 Å². The van der Waals surface area contributed by atoms with Crippen molar-refractivity contribution in [1.82, 2.24) is 4.90 Å². The van der Waals surface area contributed by atoms with Gasteiger partial charge in [-0.3, -0.25) is 19.3 Å². The first kappa shape index (κ1) is 25.5. The lowest BCUT2D eigenvalue weighted by Gasteiger charge is -2.13. The van der Waals surface area contributed by atoms with E-state index in [1.54, 1.807) is 6.92 Å². The number of carbonyl (C=O) groups excluding carboxylic acids is 4. The maximum absolute atomic E-state index is 12.6. The minimum Gasteiger partial charge on any atom is -0.493 e. The van der Waals surface area contributed by atoms with Gasteiger partial charge in [-0.2, -0.15) is 0 Å². The Morgan fingerprint density at radius 2 is 1.91 bits per heavy atom. The van der Waals surface area contributed by atoms with E-state index in [0.717, 1.165) is 4.90 Å². The topological polar surface area (TPSA) is 108 Å².